The van der Waals surface area contributed by atoms with E-state index >= 15 is 0 Å². The highest BCUT2D eigenvalue weighted by atomic mass is 19.1. The van der Waals surface area contributed by atoms with E-state index in [1.807, 2.05) is 0 Å². The Hall–Kier alpha value is -3.82. The van der Waals surface area contributed by atoms with Gasteiger partial charge in [0.25, 0.3) is 5.91 Å². The van der Waals surface area contributed by atoms with Crippen LogP contribution in [0.1, 0.15) is 0 Å². The number of ether oxygens (including phenoxy) is 1. The quantitative estimate of drug-likeness (QED) is 0.658. The topological polar surface area (TPSA) is 102 Å². The molecule has 0 bridgehead atoms. The normalized spacial score (nSPS) is 10.4. The van der Waals surface area contributed by atoms with Crippen LogP contribution in [0.5, 0.6) is 5.75 Å². The predicted octanol–water partition coefficient (Wildman–Crippen LogP) is 1.28. The zero-order valence-electron chi connectivity index (χ0n) is 14.9. The Morgan fingerprint density at radius 2 is 2.00 bits per heavy atom. The lowest BCUT2D eigenvalue weighted by atomic mass is 10.3. The van der Waals surface area contributed by atoms with E-state index in [1.54, 1.807) is 24.3 Å². The number of likely N-dealkylation sites (N-methyl/N-ethyl adjacent to an activating group) is 1. The van der Waals surface area contributed by atoms with E-state index in [9.17, 15) is 14.0 Å². The van der Waals surface area contributed by atoms with E-state index in [-0.39, 0.29) is 19.1 Å². The van der Waals surface area contributed by atoms with Gasteiger partial charge in [-0.05, 0) is 46.8 Å². The SMILES string of the molecule is CN(CC(=O)Nc1ccc(F)cc1)C(=O)COc1cccc(-n2cnnn2)c1. The summed E-state index contributed by atoms with van der Waals surface area (Å²) in [5.74, 6) is -0.706. The number of benzene rings is 2. The molecular formula is C18H17FN6O3. The average molecular weight is 384 g/mol. The van der Waals surface area contributed by atoms with Crippen molar-refractivity contribution in [3.63, 3.8) is 0 Å². The standard InChI is InChI=1S/C18H17FN6O3/c1-24(10-17(26)21-14-7-5-13(19)6-8-14)18(27)11-28-16-4-2-3-15(9-16)25-12-20-22-23-25/h2-9,12H,10-11H2,1H3,(H,21,26). The molecule has 0 radical (unpaired) electrons. The molecule has 3 rings (SSSR count). The first-order chi connectivity index (χ1) is 13.5. The van der Waals surface area contributed by atoms with E-state index in [1.165, 1.54) is 47.2 Å². The highest BCUT2D eigenvalue weighted by Gasteiger charge is 2.14. The number of hydrogen-bond donors (Lipinski definition) is 1. The van der Waals surface area contributed by atoms with E-state index in [0.717, 1.165) is 0 Å². The van der Waals surface area contributed by atoms with E-state index in [4.69, 9.17) is 4.74 Å². The van der Waals surface area contributed by atoms with Crippen molar-refractivity contribution >= 4 is 17.5 Å². The Labute approximate surface area is 159 Å². The average Bonchev–Trinajstić information content (AvgIpc) is 3.23. The number of amides is 2. The molecule has 3 aromatic rings. The van der Waals surface area contributed by atoms with Crippen LogP contribution in [0.2, 0.25) is 0 Å². The summed E-state index contributed by atoms with van der Waals surface area (Å²) in [5.41, 5.74) is 1.13. The summed E-state index contributed by atoms with van der Waals surface area (Å²) in [4.78, 5) is 25.4. The molecule has 1 N–H and O–H groups in total. The smallest absolute Gasteiger partial charge is 0.260 e. The minimum atomic E-state index is -0.400. The minimum Gasteiger partial charge on any atom is -0.484 e. The Morgan fingerprint density at radius 3 is 2.71 bits per heavy atom. The molecule has 2 aromatic carbocycles. The Morgan fingerprint density at radius 1 is 1.21 bits per heavy atom. The lowest BCUT2D eigenvalue weighted by molar-refractivity contribution is -0.135. The number of nitrogens with one attached hydrogen (secondary N) is 1. The Bertz CT molecular complexity index is 946. The van der Waals surface area contributed by atoms with Crippen molar-refractivity contribution in [3.8, 4) is 11.4 Å². The van der Waals surface area contributed by atoms with Gasteiger partial charge in [0.05, 0.1) is 12.2 Å². The molecule has 0 saturated carbocycles. The number of hydrogen-bond acceptors (Lipinski definition) is 6. The van der Waals surface area contributed by atoms with Gasteiger partial charge in [0.2, 0.25) is 5.91 Å². The first-order valence-electron chi connectivity index (χ1n) is 8.27. The Kier molecular flexibility index (Phi) is 5.90. The van der Waals surface area contributed by atoms with E-state index in [2.05, 4.69) is 20.8 Å². The van der Waals surface area contributed by atoms with E-state index < -0.39 is 11.7 Å². The highest BCUT2D eigenvalue weighted by Crippen LogP contribution is 2.15. The maximum atomic E-state index is 12.9. The molecular weight excluding hydrogens is 367 g/mol. The molecule has 1 heterocycles. The molecule has 0 fully saturated rings. The van der Waals surface area contributed by atoms with Gasteiger partial charge >= 0.3 is 0 Å². The summed E-state index contributed by atoms with van der Waals surface area (Å²) in [6.45, 7) is -0.399. The molecule has 0 unspecified atom stereocenters. The third kappa shape index (κ3) is 5.10. The van der Waals surface area contributed by atoms with Crippen LogP contribution in [0.25, 0.3) is 5.69 Å². The van der Waals surface area contributed by atoms with Crippen LogP contribution >= 0.6 is 0 Å². The number of carbonyl (C=O) groups is 2. The lowest BCUT2D eigenvalue weighted by Crippen LogP contribution is -2.37. The van der Waals surface area contributed by atoms with Crippen molar-refractivity contribution in [2.24, 2.45) is 0 Å². The van der Waals surface area contributed by atoms with Crippen molar-refractivity contribution in [3.05, 3.63) is 60.7 Å². The zero-order valence-corrected chi connectivity index (χ0v) is 14.9. The molecule has 10 heteroatoms. The molecule has 144 valence electrons. The first kappa shape index (κ1) is 19.0. The fourth-order valence-corrected chi connectivity index (χ4v) is 2.29. The van der Waals surface area contributed by atoms with Gasteiger partial charge in [-0.3, -0.25) is 9.59 Å². The fraction of sp³-hybridized carbons (Fsp3) is 0.167. The summed E-state index contributed by atoms with van der Waals surface area (Å²) < 4.78 is 19.8. The fourth-order valence-electron chi connectivity index (χ4n) is 2.29. The van der Waals surface area contributed by atoms with Crippen LogP contribution in [0, 0.1) is 5.82 Å². The van der Waals surface area contributed by atoms with Crippen LogP contribution < -0.4 is 10.1 Å². The lowest BCUT2D eigenvalue weighted by Gasteiger charge is -2.17. The van der Waals surface area contributed by atoms with Gasteiger partial charge in [0, 0.05) is 18.8 Å². The van der Waals surface area contributed by atoms with Gasteiger partial charge in [-0.25, -0.2) is 9.07 Å². The summed E-state index contributed by atoms with van der Waals surface area (Å²) in [6, 6.07) is 12.3. The second-order valence-electron chi connectivity index (χ2n) is 5.85. The van der Waals surface area contributed by atoms with E-state index in [0.29, 0.717) is 17.1 Å². The van der Waals surface area contributed by atoms with Crippen LogP contribution in [0.15, 0.2) is 54.9 Å². The largest absolute Gasteiger partial charge is 0.484 e. The zero-order chi connectivity index (χ0) is 19.9. The molecule has 2 amide bonds. The van der Waals surface area contributed by atoms with Gasteiger partial charge in [0.15, 0.2) is 6.61 Å². The van der Waals surface area contributed by atoms with Gasteiger partial charge in [-0.2, -0.15) is 0 Å². The first-order valence-corrected chi connectivity index (χ1v) is 8.27. The maximum Gasteiger partial charge on any atom is 0.260 e. The number of halogens is 1. The van der Waals surface area contributed by atoms with Crippen molar-refractivity contribution < 1.29 is 18.7 Å². The van der Waals surface area contributed by atoms with Crippen molar-refractivity contribution in [1.82, 2.24) is 25.1 Å². The number of rotatable bonds is 7. The molecule has 0 saturated heterocycles. The number of anilines is 1. The summed E-state index contributed by atoms with van der Waals surface area (Å²) in [6.07, 6.45) is 1.44. The van der Waals surface area contributed by atoms with Crippen LogP contribution in [0.3, 0.4) is 0 Å². The molecule has 0 aliphatic rings. The minimum absolute atomic E-state index is 0.162. The van der Waals surface area contributed by atoms with Gasteiger partial charge in [-0.15, -0.1) is 5.10 Å². The van der Waals surface area contributed by atoms with Crippen LogP contribution in [0.4, 0.5) is 10.1 Å². The second kappa shape index (κ2) is 8.71. The van der Waals surface area contributed by atoms with Gasteiger partial charge in [-0.1, -0.05) is 6.07 Å². The monoisotopic (exact) mass is 384 g/mol. The maximum absolute atomic E-state index is 12.9. The van der Waals surface area contributed by atoms with Crippen molar-refractivity contribution in [1.29, 1.82) is 0 Å². The molecule has 28 heavy (non-hydrogen) atoms. The summed E-state index contributed by atoms with van der Waals surface area (Å²) in [5, 5.41) is 13.5. The third-order valence-electron chi connectivity index (χ3n) is 3.73. The summed E-state index contributed by atoms with van der Waals surface area (Å²) >= 11 is 0. The summed E-state index contributed by atoms with van der Waals surface area (Å²) in [7, 11) is 1.49. The van der Waals surface area contributed by atoms with Crippen molar-refractivity contribution in [2.45, 2.75) is 0 Å². The van der Waals surface area contributed by atoms with Crippen LogP contribution in [-0.4, -0.2) is 57.1 Å². The number of carbonyl (C=O) groups excluding carboxylic acids is 2. The second-order valence-corrected chi connectivity index (χ2v) is 5.85. The van der Waals surface area contributed by atoms with Crippen molar-refractivity contribution in [2.75, 3.05) is 25.5 Å². The number of nitrogens with zero attached hydrogens (tertiary/aromatic N) is 5. The highest BCUT2D eigenvalue weighted by molar-refractivity contribution is 5.94. The Balaban J connectivity index is 1.49. The molecule has 1 aromatic heterocycles. The molecule has 0 aliphatic carbocycles. The number of tetrazole rings is 1. The molecule has 0 spiro atoms. The number of aromatic nitrogens is 4. The molecule has 9 nitrogen and oxygen atoms in total. The molecule has 0 atom stereocenters. The third-order valence-corrected chi connectivity index (χ3v) is 3.73. The van der Waals surface area contributed by atoms with Gasteiger partial charge < -0.3 is 15.0 Å². The van der Waals surface area contributed by atoms with Crippen LogP contribution in [-0.2, 0) is 9.59 Å². The predicted molar refractivity (Wildman–Crippen MR) is 97.3 cm³/mol. The molecule has 0 aliphatic heterocycles. The van der Waals surface area contributed by atoms with Gasteiger partial charge in [0.1, 0.15) is 17.9 Å².